The highest BCUT2D eigenvalue weighted by Gasteiger charge is 2.08. The first-order valence-corrected chi connectivity index (χ1v) is 7.05. The van der Waals surface area contributed by atoms with E-state index in [1.54, 1.807) is 0 Å². The van der Waals surface area contributed by atoms with E-state index in [-0.39, 0.29) is 6.61 Å². The van der Waals surface area contributed by atoms with Crippen LogP contribution in [0.1, 0.15) is 16.7 Å². The van der Waals surface area contributed by atoms with Crippen molar-refractivity contribution in [3.05, 3.63) is 62.6 Å². The minimum Gasteiger partial charge on any atom is -0.488 e. The Hall–Kier alpha value is -1.03. The summed E-state index contributed by atoms with van der Waals surface area (Å²) >= 11 is 9.52. The lowest BCUT2D eigenvalue weighted by Gasteiger charge is -2.13. The Morgan fingerprint density at radius 1 is 1.21 bits per heavy atom. The molecule has 2 aromatic carbocycles. The summed E-state index contributed by atoms with van der Waals surface area (Å²) in [5.74, 6) is 0.726. The van der Waals surface area contributed by atoms with Crippen LogP contribution in [0, 0.1) is 6.92 Å². The largest absolute Gasteiger partial charge is 0.488 e. The summed E-state index contributed by atoms with van der Waals surface area (Å²) in [6.07, 6.45) is 0. The van der Waals surface area contributed by atoms with E-state index in [0.29, 0.717) is 11.6 Å². The van der Waals surface area contributed by atoms with Gasteiger partial charge in [0.15, 0.2) is 0 Å². The van der Waals surface area contributed by atoms with Gasteiger partial charge >= 0.3 is 0 Å². The van der Waals surface area contributed by atoms with E-state index in [9.17, 15) is 5.11 Å². The number of para-hydroxylation sites is 1. The van der Waals surface area contributed by atoms with Crippen LogP contribution in [0.25, 0.3) is 0 Å². The minimum atomic E-state index is -0.0366. The van der Waals surface area contributed by atoms with Gasteiger partial charge in [0.2, 0.25) is 0 Å². The minimum absolute atomic E-state index is 0.0366. The zero-order valence-electron chi connectivity index (χ0n) is 10.5. The second kappa shape index (κ2) is 6.42. The highest BCUT2D eigenvalue weighted by Crippen LogP contribution is 2.27. The number of benzene rings is 2. The molecule has 0 aliphatic carbocycles. The van der Waals surface area contributed by atoms with Gasteiger partial charge in [0.1, 0.15) is 12.4 Å². The van der Waals surface area contributed by atoms with Gasteiger partial charge in [-0.2, -0.15) is 0 Å². The molecular weight excluding hydrogens is 328 g/mol. The molecule has 1 N–H and O–H groups in total. The Kier molecular flexibility index (Phi) is 4.86. The van der Waals surface area contributed by atoms with E-state index < -0.39 is 0 Å². The maximum Gasteiger partial charge on any atom is 0.128 e. The average Bonchev–Trinajstić information content (AvgIpc) is 2.39. The summed E-state index contributed by atoms with van der Waals surface area (Å²) in [6, 6.07) is 11.4. The van der Waals surface area contributed by atoms with Crippen molar-refractivity contribution < 1.29 is 9.84 Å². The molecular formula is C15H14BrClO2. The lowest BCUT2D eigenvalue weighted by atomic mass is 10.1. The maximum absolute atomic E-state index is 9.32. The van der Waals surface area contributed by atoms with Crippen LogP contribution in [-0.2, 0) is 13.2 Å². The van der Waals surface area contributed by atoms with Crippen molar-refractivity contribution in [2.75, 3.05) is 0 Å². The molecule has 0 saturated carbocycles. The first-order valence-electron chi connectivity index (χ1n) is 5.88. The van der Waals surface area contributed by atoms with Crippen molar-refractivity contribution in [2.24, 2.45) is 0 Å². The van der Waals surface area contributed by atoms with Crippen LogP contribution in [0.15, 0.2) is 40.9 Å². The lowest BCUT2D eigenvalue weighted by Crippen LogP contribution is -2.01. The fourth-order valence-corrected chi connectivity index (χ4v) is 2.56. The molecule has 0 radical (unpaired) electrons. The third-order valence-corrected chi connectivity index (χ3v) is 3.70. The monoisotopic (exact) mass is 340 g/mol. The van der Waals surface area contributed by atoms with Crippen molar-refractivity contribution in [1.29, 1.82) is 0 Å². The summed E-state index contributed by atoms with van der Waals surface area (Å²) in [5.41, 5.74) is 2.70. The Labute approximate surface area is 126 Å². The molecule has 2 nitrogen and oxygen atoms in total. The quantitative estimate of drug-likeness (QED) is 0.888. The Morgan fingerprint density at radius 2 is 2.00 bits per heavy atom. The Balaban J connectivity index is 2.19. The molecule has 100 valence electrons. The smallest absolute Gasteiger partial charge is 0.128 e. The van der Waals surface area contributed by atoms with Gasteiger partial charge in [0.25, 0.3) is 0 Å². The van der Waals surface area contributed by atoms with Crippen LogP contribution in [-0.4, -0.2) is 5.11 Å². The van der Waals surface area contributed by atoms with Gasteiger partial charge in [-0.3, -0.25) is 0 Å². The summed E-state index contributed by atoms with van der Waals surface area (Å²) in [7, 11) is 0. The summed E-state index contributed by atoms with van der Waals surface area (Å²) in [6.45, 7) is 2.30. The number of hydrogen-bond donors (Lipinski definition) is 1. The molecule has 0 saturated heterocycles. The number of rotatable bonds is 4. The molecule has 0 bridgehead atoms. The van der Waals surface area contributed by atoms with Crippen LogP contribution < -0.4 is 4.74 Å². The first-order chi connectivity index (χ1) is 9.11. The van der Waals surface area contributed by atoms with Crippen LogP contribution in [0.2, 0.25) is 5.02 Å². The molecule has 0 fully saturated rings. The van der Waals surface area contributed by atoms with Gasteiger partial charge in [-0.1, -0.05) is 51.8 Å². The number of aliphatic hydroxyl groups is 1. The van der Waals surface area contributed by atoms with Crippen molar-refractivity contribution >= 4 is 27.5 Å². The Morgan fingerprint density at radius 3 is 2.68 bits per heavy atom. The van der Waals surface area contributed by atoms with E-state index in [0.717, 1.165) is 26.9 Å². The number of ether oxygens (including phenoxy) is 1. The summed E-state index contributed by atoms with van der Waals surface area (Å²) in [5, 5.41) is 9.98. The van der Waals surface area contributed by atoms with Gasteiger partial charge < -0.3 is 9.84 Å². The second-order valence-corrected chi connectivity index (χ2v) is 5.57. The Bertz CT molecular complexity index is 584. The average molecular weight is 342 g/mol. The number of hydrogen-bond acceptors (Lipinski definition) is 2. The number of halogens is 2. The maximum atomic E-state index is 9.32. The van der Waals surface area contributed by atoms with Gasteiger partial charge in [0.05, 0.1) is 6.61 Å². The van der Waals surface area contributed by atoms with E-state index in [1.807, 2.05) is 43.3 Å². The van der Waals surface area contributed by atoms with Gasteiger partial charge in [-0.05, 0) is 24.6 Å². The number of aliphatic hydroxyl groups excluding tert-OH is 1. The molecule has 0 heterocycles. The molecule has 0 aromatic heterocycles. The topological polar surface area (TPSA) is 29.5 Å². The van der Waals surface area contributed by atoms with Gasteiger partial charge in [0, 0.05) is 20.6 Å². The molecule has 0 amide bonds. The third-order valence-electron chi connectivity index (χ3n) is 2.85. The van der Waals surface area contributed by atoms with Crippen LogP contribution in [0.5, 0.6) is 5.75 Å². The fraction of sp³-hybridized carbons (Fsp3) is 0.200. The molecule has 0 aliphatic rings. The van der Waals surface area contributed by atoms with Gasteiger partial charge in [-0.15, -0.1) is 0 Å². The van der Waals surface area contributed by atoms with Crippen LogP contribution >= 0.6 is 27.5 Å². The zero-order chi connectivity index (χ0) is 13.8. The zero-order valence-corrected chi connectivity index (χ0v) is 12.8. The SMILES string of the molecule is Cc1cccc(CO)c1OCc1ccc(Br)cc1Cl. The first kappa shape index (κ1) is 14.4. The molecule has 0 atom stereocenters. The van der Waals surface area contributed by atoms with E-state index >= 15 is 0 Å². The van der Waals surface area contributed by atoms with E-state index in [4.69, 9.17) is 16.3 Å². The van der Waals surface area contributed by atoms with Crippen molar-refractivity contribution in [1.82, 2.24) is 0 Å². The molecule has 2 aromatic rings. The second-order valence-electron chi connectivity index (χ2n) is 4.25. The lowest BCUT2D eigenvalue weighted by molar-refractivity contribution is 0.258. The highest BCUT2D eigenvalue weighted by atomic mass is 79.9. The molecule has 0 spiro atoms. The molecule has 19 heavy (non-hydrogen) atoms. The highest BCUT2D eigenvalue weighted by molar-refractivity contribution is 9.10. The molecule has 2 rings (SSSR count). The predicted octanol–water partition coefficient (Wildman–Crippen LogP) is 4.48. The normalized spacial score (nSPS) is 10.5. The third kappa shape index (κ3) is 3.50. The predicted molar refractivity (Wildman–Crippen MR) is 80.6 cm³/mol. The summed E-state index contributed by atoms with van der Waals surface area (Å²) < 4.78 is 6.74. The standard InChI is InChI=1S/C15H14BrClO2/c1-10-3-2-4-11(8-18)15(10)19-9-12-5-6-13(16)7-14(12)17/h2-7,18H,8-9H2,1H3. The van der Waals surface area contributed by atoms with Crippen LogP contribution in [0.4, 0.5) is 0 Å². The van der Waals surface area contributed by atoms with Gasteiger partial charge in [-0.25, -0.2) is 0 Å². The van der Waals surface area contributed by atoms with E-state index in [2.05, 4.69) is 15.9 Å². The summed E-state index contributed by atoms with van der Waals surface area (Å²) in [4.78, 5) is 0. The molecule has 0 aliphatic heterocycles. The number of aryl methyl sites for hydroxylation is 1. The van der Waals surface area contributed by atoms with E-state index in [1.165, 1.54) is 0 Å². The van der Waals surface area contributed by atoms with Crippen molar-refractivity contribution in [3.63, 3.8) is 0 Å². The van der Waals surface area contributed by atoms with Crippen molar-refractivity contribution in [2.45, 2.75) is 20.1 Å². The van der Waals surface area contributed by atoms with Crippen LogP contribution in [0.3, 0.4) is 0 Å². The fourth-order valence-electron chi connectivity index (χ4n) is 1.83. The molecule has 4 heteroatoms. The van der Waals surface area contributed by atoms with Crippen molar-refractivity contribution in [3.8, 4) is 5.75 Å². The molecule has 0 unspecified atom stereocenters.